The topological polar surface area (TPSA) is 42.0 Å². The molecule has 0 radical (unpaired) electrons. The van der Waals surface area contributed by atoms with Crippen LogP contribution in [-0.4, -0.2) is 10.9 Å². The van der Waals surface area contributed by atoms with Crippen LogP contribution in [0.4, 0.5) is 18.9 Å². The lowest BCUT2D eigenvalue weighted by atomic mass is 10.1. The summed E-state index contributed by atoms with van der Waals surface area (Å²) in [5.41, 5.74) is 0.713. The van der Waals surface area contributed by atoms with Gasteiger partial charge in [0, 0.05) is 11.8 Å². The molecule has 6 heteroatoms. The SMILES string of the molecule is Cc1ccncc1NC(=O)c1ccc(C(F)(F)F)cc1. The van der Waals surface area contributed by atoms with Gasteiger partial charge in [-0.25, -0.2) is 0 Å². The predicted octanol–water partition coefficient (Wildman–Crippen LogP) is 3.66. The quantitative estimate of drug-likeness (QED) is 0.912. The Bertz CT molecular complexity index is 621. The fraction of sp³-hybridized carbons (Fsp3) is 0.143. The van der Waals surface area contributed by atoms with Crippen LogP contribution in [0.5, 0.6) is 0 Å². The zero-order valence-electron chi connectivity index (χ0n) is 10.5. The number of nitrogens with zero attached hydrogens (tertiary/aromatic N) is 1. The van der Waals surface area contributed by atoms with Gasteiger partial charge in [-0.3, -0.25) is 9.78 Å². The summed E-state index contributed by atoms with van der Waals surface area (Å²) in [6.07, 6.45) is -1.34. The number of aromatic nitrogens is 1. The van der Waals surface area contributed by atoms with Gasteiger partial charge in [-0.05, 0) is 42.8 Å². The minimum absolute atomic E-state index is 0.154. The van der Waals surface area contributed by atoms with E-state index in [4.69, 9.17) is 0 Å². The number of hydrogen-bond acceptors (Lipinski definition) is 2. The van der Waals surface area contributed by atoms with Crippen molar-refractivity contribution in [2.45, 2.75) is 13.1 Å². The second kappa shape index (κ2) is 5.32. The van der Waals surface area contributed by atoms with E-state index in [2.05, 4.69) is 10.3 Å². The van der Waals surface area contributed by atoms with Crippen molar-refractivity contribution in [2.75, 3.05) is 5.32 Å². The Morgan fingerprint density at radius 2 is 1.80 bits per heavy atom. The summed E-state index contributed by atoms with van der Waals surface area (Å²) >= 11 is 0. The molecule has 1 amide bonds. The van der Waals surface area contributed by atoms with E-state index >= 15 is 0 Å². The molecule has 0 aliphatic rings. The molecule has 0 saturated carbocycles. The van der Waals surface area contributed by atoms with Gasteiger partial charge in [-0.2, -0.15) is 13.2 Å². The zero-order chi connectivity index (χ0) is 14.8. The first-order valence-corrected chi connectivity index (χ1v) is 5.77. The molecule has 0 saturated heterocycles. The molecule has 2 rings (SSSR count). The van der Waals surface area contributed by atoms with Crippen molar-refractivity contribution in [3.8, 4) is 0 Å². The third kappa shape index (κ3) is 3.14. The standard InChI is InChI=1S/C14H11F3N2O/c1-9-6-7-18-8-12(9)19-13(20)10-2-4-11(5-3-10)14(15,16)17/h2-8H,1H3,(H,19,20). The summed E-state index contributed by atoms with van der Waals surface area (Å²) in [5, 5.41) is 2.60. The lowest BCUT2D eigenvalue weighted by Gasteiger charge is -2.09. The Morgan fingerprint density at radius 1 is 1.15 bits per heavy atom. The number of nitrogens with one attached hydrogen (secondary N) is 1. The van der Waals surface area contributed by atoms with E-state index in [0.29, 0.717) is 5.69 Å². The van der Waals surface area contributed by atoms with Gasteiger partial charge in [0.1, 0.15) is 0 Å². The first kappa shape index (κ1) is 14.0. The van der Waals surface area contributed by atoms with Crippen molar-refractivity contribution in [3.05, 3.63) is 59.4 Å². The summed E-state index contributed by atoms with van der Waals surface area (Å²) < 4.78 is 37.2. The van der Waals surface area contributed by atoms with Crippen LogP contribution in [0.2, 0.25) is 0 Å². The van der Waals surface area contributed by atoms with Crippen LogP contribution in [0.1, 0.15) is 21.5 Å². The van der Waals surface area contributed by atoms with E-state index in [0.717, 1.165) is 29.8 Å². The van der Waals surface area contributed by atoms with Crippen LogP contribution in [0, 0.1) is 6.92 Å². The molecule has 1 heterocycles. The summed E-state index contributed by atoms with van der Waals surface area (Å²) in [4.78, 5) is 15.8. The number of pyridine rings is 1. The molecule has 0 fully saturated rings. The average molecular weight is 280 g/mol. The van der Waals surface area contributed by atoms with Gasteiger partial charge in [0.25, 0.3) is 5.91 Å². The maximum atomic E-state index is 12.4. The largest absolute Gasteiger partial charge is 0.416 e. The normalized spacial score (nSPS) is 11.2. The van der Waals surface area contributed by atoms with Gasteiger partial charge in [-0.15, -0.1) is 0 Å². The van der Waals surface area contributed by atoms with Gasteiger partial charge in [0.15, 0.2) is 0 Å². The number of rotatable bonds is 2. The summed E-state index contributed by atoms with van der Waals surface area (Å²) in [6.45, 7) is 1.80. The Kier molecular flexibility index (Phi) is 3.74. The number of halogens is 3. The first-order valence-electron chi connectivity index (χ1n) is 5.77. The van der Waals surface area contributed by atoms with Gasteiger partial charge in [0.2, 0.25) is 0 Å². The second-order valence-corrected chi connectivity index (χ2v) is 4.22. The molecule has 3 nitrogen and oxygen atoms in total. The maximum absolute atomic E-state index is 12.4. The molecule has 1 N–H and O–H groups in total. The van der Waals surface area contributed by atoms with Crippen LogP contribution < -0.4 is 5.32 Å². The highest BCUT2D eigenvalue weighted by atomic mass is 19.4. The van der Waals surface area contributed by atoms with E-state index in [1.807, 2.05) is 0 Å². The van der Waals surface area contributed by atoms with Crippen molar-refractivity contribution in [1.82, 2.24) is 4.98 Å². The monoisotopic (exact) mass is 280 g/mol. The highest BCUT2D eigenvalue weighted by molar-refractivity contribution is 6.04. The lowest BCUT2D eigenvalue weighted by molar-refractivity contribution is -0.137. The van der Waals surface area contributed by atoms with Crippen molar-refractivity contribution in [1.29, 1.82) is 0 Å². The number of aryl methyl sites for hydroxylation is 1. The number of anilines is 1. The van der Waals surface area contributed by atoms with Gasteiger partial charge >= 0.3 is 6.18 Å². The number of carbonyl (C=O) groups excluding carboxylic acids is 1. The molecule has 0 aliphatic carbocycles. The van der Waals surface area contributed by atoms with E-state index < -0.39 is 17.6 Å². The lowest BCUT2D eigenvalue weighted by Crippen LogP contribution is -2.13. The number of alkyl halides is 3. The van der Waals surface area contributed by atoms with Crippen LogP contribution >= 0.6 is 0 Å². The molecule has 20 heavy (non-hydrogen) atoms. The van der Waals surface area contributed by atoms with Crippen LogP contribution in [0.15, 0.2) is 42.7 Å². The number of hydrogen-bond donors (Lipinski definition) is 1. The molecule has 0 aliphatic heterocycles. The van der Waals surface area contributed by atoms with Crippen LogP contribution in [0.3, 0.4) is 0 Å². The van der Waals surface area contributed by atoms with E-state index in [1.165, 1.54) is 6.20 Å². The predicted molar refractivity (Wildman–Crippen MR) is 68.4 cm³/mol. The Hall–Kier alpha value is -2.37. The molecule has 1 aromatic heterocycles. The minimum Gasteiger partial charge on any atom is -0.320 e. The average Bonchev–Trinajstić information content (AvgIpc) is 2.40. The van der Waals surface area contributed by atoms with Crippen LogP contribution in [0.25, 0.3) is 0 Å². The molecule has 1 aromatic carbocycles. The molecule has 0 bridgehead atoms. The Labute approximate surface area is 113 Å². The van der Waals surface area contributed by atoms with Gasteiger partial charge in [0.05, 0.1) is 17.4 Å². The Balaban J connectivity index is 2.16. The molecule has 104 valence electrons. The second-order valence-electron chi connectivity index (χ2n) is 4.22. The van der Waals surface area contributed by atoms with E-state index in [1.54, 1.807) is 19.2 Å². The van der Waals surface area contributed by atoms with Gasteiger partial charge in [-0.1, -0.05) is 0 Å². The number of carbonyl (C=O) groups is 1. The highest BCUT2D eigenvalue weighted by Gasteiger charge is 2.30. The molecule has 0 unspecified atom stereocenters. The van der Waals surface area contributed by atoms with E-state index in [-0.39, 0.29) is 5.56 Å². The molecular weight excluding hydrogens is 269 g/mol. The first-order chi connectivity index (χ1) is 9.38. The molecule has 2 aromatic rings. The fourth-order valence-electron chi connectivity index (χ4n) is 1.60. The smallest absolute Gasteiger partial charge is 0.320 e. The summed E-state index contributed by atoms with van der Waals surface area (Å²) in [6, 6.07) is 5.77. The summed E-state index contributed by atoms with van der Waals surface area (Å²) in [5.74, 6) is -0.477. The van der Waals surface area contributed by atoms with Crippen molar-refractivity contribution < 1.29 is 18.0 Å². The highest BCUT2D eigenvalue weighted by Crippen LogP contribution is 2.29. The number of benzene rings is 1. The third-order valence-corrected chi connectivity index (χ3v) is 2.76. The maximum Gasteiger partial charge on any atom is 0.416 e. The Morgan fingerprint density at radius 3 is 2.35 bits per heavy atom. The fourth-order valence-corrected chi connectivity index (χ4v) is 1.60. The zero-order valence-corrected chi connectivity index (χ0v) is 10.5. The summed E-state index contributed by atoms with van der Waals surface area (Å²) in [7, 11) is 0. The van der Waals surface area contributed by atoms with E-state index in [9.17, 15) is 18.0 Å². The molecule has 0 spiro atoms. The molecule has 0 atom stereocenters. The number of amides is 1. The van der Waals surface area contributed by atoms with Crippen molar-refractivity contribution >= 4 is 11.6 Å². The minimum atomic E-state index is -4.41. The van der Waals surface area contributed by atoms with Crippen LogP contribution in [-0.2, 0) is 6.18 Å². The van der Waals surface area contributed by atoms with Crippen molar-refractivity contribution in [3.63, 3.8) is 0 Å². The van der Waals surface area contributed by atoms with Crippen molar-refractivity contribution in [2.24, 2.45) is 0 Å². The van der Waals surface area contributed by atoms with Gasteiger partial charge < -0.3 is 5.32 Å². The third-order valence-electron chi connectivity index (χ3n) is 2.76. The molecular formula is C14H11F3N2O.